The molecular weight excluding hydrogens is 246 g/mol. The van der Waals surface area contributed by atoms with Crippen LogP contribution in [0.4, 0.5) is 0 Å². The fourth-order valence-electron chi connectivity index (χ4n) is 2.14. The Morgan fingerprint density at radius 1 is 1.37 bits per heavy atom. The summed E-state index contributed by atoms with van der Waals surface area (Å²) in [6.07, 6.45) is 3.74. The van der Waals surface area contributed by atoms with Crippen molar-refractivity contribution in [3.8, 4) is 5.75 Å². The summed E-state index contributed by atoms with van der Waals surface area (Å²) < 4.78 is 6.81. The predicted molar refractivity (Wildman–Crippen MR) is 71.1 cm³/mol. The molecule has 2 heterocycles. The standard InChI is InChI=1S/C13H19N3O3/c14-5-9-16-8-3-4-11(13(16)18)19-10-12(17)15-6-1-2-7-15/h3-4,8H,1-2,5-7,9-10,14H2. The lowest BCUT2D eigenvalue weighted by Crippen LogP contribution is -2.33. The maximum atomic E-state index is 12.0. The number of carbonyl (C=O) groups is 1. The molecule has 1 amide bonds. The molecule has 104 valence electrons. The molecule has 6 heteroatoms. The molecule has 19 heavy (non-hydrogen) atoms. The fourth-order valence-corrected chi connectivity index (χ4v) is 2.14. The van der Waals surface area contributed by atoms with E-state index in [0.29, 0.717) is 13.1 Å². The van der Waals surface area contributed by atoms with Gasteiger partial charge in [-0.25, -0.2) is 0 Å². The number of pyridine rings is 1. The molecule has 0 aromatic carbocycles. The van der Waals surface area contributed by atoms with Crippen molar-refractivity contribution in [1.29, 1.82) is 0 Å². The normalized spacial score (nSPS) is 14.7. The zero-order chi connectivity index (χ0) is 13.7. The molecule has 1 aromatic rings. The Kier molecular flexibility index (Phi) is 4.57. The van der Waals surface area contributed by atoms with Crippen molar-refractivity contribution in [3.05, 3.63) is 28.7 Å². The third kappa shape index (κ3) is 3.35. The molecule has 6 nitrogen and oxygen atoms in total. The van der Waals surface area contributed by atoms with Crippen LogP contribution in [-0.4, -0.2) is 41.6 Å². The zero-order valence-corrected chi connectivity index (χ0v) is 10.9. The van der Waals surface area contributed by atoms with Crippen LogP contribution in [-0.2, 0) is 11.3 Å². The first kappa shape index (κ1) is 13.6. The van der Waals surface area contributed by atoms with E-state index >= 15 is 0 Å². The topological polar surface area (TPSA) is 77.6 Å². The van der Waals surface area contributed by atoms with Crippen molar-refractivity contribution in [1.82, 2.24) is 9.47 Å². The van der Waals surface area contributed by atoms with Gasteiger partial charge in [0.05, 0.1) is 0 Å². The number of carbonyl (C=O) groups excluding carboxylic acids is 1. The highest BCUT2D eigenvalue weighted by Gasteiger charge is 2.18. The van der Waals surface area contributed by atoms with Gasteiger partial charge in [0.25, 0.3) is 11.5 Å². The summed E-state index contributed by atoms with van der Waals surface area (Å²) in [5.74, 6) is 0.134. The highest BCUT2D eigenvalue weighted by atomic mass is 16.5. The van der Waals surface area contributed by atoms with E-state index in [1.54, 1.807) is 23.2 Å². The van der Waals surface area contributed by atoms with Gasteiger partial charge in [-0.3, -0.25) is 9.59 Å². The number of aromatic nitrogens is 1. The number of hydrogen-bond acceptors (Lipinski definition) is 4. The lowest BCUT2D eigenvalue weighted by molar-refractivity contribution is -0.132. The lowest BCUT2D eigenvalue weighted by atomic mass is 10.4. The molecule has 0 aliphatic carbocycles. The second-order valence-corrected chi connectivity index (χ2v) is 4.54. The van der Waals surface area contributed by atoms with Gasteiger partial charge in [0.2, 0.25) is 0 Å². The smallest absolute Gasteiger partial charge is 0.292 e. The molecule has 0 radical (unpaired) electrons. The van der Waals surface area contributed by atoms with Crippen molar-refractivity contribution in [2.75, 3.05) is 26.2 Å². The monoisotopic (exact) mass is 265 g/mol. The van der Waals surface area contributed by atoms with E-state index < -0.39 is 0 Å². The first-order valence-corrected chi connectivity index (χ1v) is 6.52. The van der Waals surface area contributed by atoms with E-state index in [4.69, 9.17) is 10.5 Å². The molecule has 2 N–H and O–H groups in total. The van der Waals surface area contributed by atoms with Gasteiger partial charge in [0.1, 0.15) is 0 Å². The Hall–Kier alpha value is -1.82. The number of rotatable bonds is 5. The van der Waals surface area contributed by atoms with Crippen LogP contribution in [0.5, 0.6) is 5.75 Å². The van der Waals surface area contributed by atoms with Gasteiger partial charge in [-0.2, -0.15) is 0 Å². The zero-order valence-electron chi connectivity index (χ0n) is 10.9. The van der Waals surface area contributed by atoms with E-state index in [1.807, 2.05) is 0 Å². The first-order chi connectivity index (χ1) is 9.22. The van der Waals surface area contributed by atoms with E-state index in [-0.39, 0.29) is 23.8 Å². The third-order valence-electron chi connectivity index (χ3n) is 3.17. The molecule has 1 aromatic heterocycles. The minimum absolute atomic E-state index is 0.0638. The molecule has 1 aliphatic rings. The van der Waals surface area contributed by atoms with Gasteiger partial charge >= 0.3 is 0 Å². The van der Waals surface area contributed by atoms with E-state index in [9.17, 15) is 9.59 Å². The van der Waals surface area contributed by atoms with Crippen LogP contribution in [0, 0.1) is 0 Å². The van der Waals surface area contributed by atoms with Gasteiger partial charge in [-0.05, 0) is 25.0 Å². The largest absolute Gasteiger partial charge is 0.478 e. The Morgan fingerprint density at radius 2 is 2.11 bits per heavy atom. The van der Waals surface area contributed by atoms with Gasteiger partial charge < -0.3 is 19.9 Å². The number of amides is 1. The highest BCUT2D eigenvalue weighted by Crippen LogP contribution is 2.08. The van der Waals surface area contributed by atoms with Crippen molar-refractivity contribution in [2.45, 2.75) is 19.4 Å². The molecule has 0 spiro atoms. The van der Waals surface area contributed by atoms with Gasteiger partial charge in [-0.15, -0.1) is 0 Å². The Bertz CT molecular complexity index is 492. The summed E-state index contributed by atoms with van der Waals surface area (Å²) in [7, 11) is 0. The molecule has 0 bridgehead atoms. The first-order valence-electron chi connectivity index (χ1n) is 6.52. The number of nitrogens with two attached hydrogens (primary N) is 1. The number of hydrogen-bond donors (Lipinski definition) is 1. The second-order valence-electron chi connectivity index (χ2n) is 4.54. The summed E-state index contributed by atoms with van der Waals surface area (Å²) in [4.78, 5) is 25.5. The molecule has 0 unspecified atom stereocenters. The predicted octanol–water partition coefficient (Wildman–Crippen LogP) is -0.192. The molecule has 1 saturated heterocycles. The van der Waals surface area contributed by atoms with E-state index in [2.05, 4.69) is 0 Å². The van der Waals surface area contributed by atoms with Gasteiger partial charge in [0.15, 0.2) is 12.4 Å². The maximum Gasteiger partial charge on any atom is 0.292 e. The highest BCUT2D eigenvalue weighted by molar-refractivity contribution is 5.77. The average molecular weight is 265 g/mol. The van der Waals surface area contributed by atoms with Crippen LogP contribution >= 0.6 is 0 Å². The van der Waals surface area contributed by atoms with Crippen molar-refractivity contribution in [2.24, 2.45) is 5.73 Å². The minimum Gasteiger partial charge on any atom is -0.478 e. The van der Waals surface area contributed by atoms with Crippen LogP contribution in [0.3, 0.4) is 0 Å². The fraction of sp³-hybridized carbons (Fsp3) is 0.538. The molecule has 1 aliphatic heterocycles. The van der Waals surface area contributed by atoms with Gasteiger partial charge in [-0.1, -0.05) is 0 Å². The van der Waals surface area contributed by atoms with Crippen molar-refractivity contribution < 1.29 is 9.53 Å². The SMILES string of the molecule is NCCn1cccc(OCC(=O)N2CCCC2)c1=O. The van der Waals surface area contributed by atoms with Crippen LogP contribution in [0.15, 0.2) is 23.1 Å². The van der Waals surface area contributed by atoms with Crippen LogP contribution in [0.1, 0.15) is 12.8 Å². The van der Waals surface area contributed by atoms with E-state index in [0.717, 1.165) is 25.9 Å². The van der Waals surface area contributed by atoms with E-state index in [1.165, 1.54) is 4.57 Å². The summed E-state index contributed by atoms with van der Waals surface area (Å²) in [6.45, 7) is 2.32. The van der Waals surface area contributed by atoms with Gasteiger partial charge in [0, 0.05) is 32.4 Å². The molecule has 0 saturated carbocycles. The van der Waals surface area contributed by atoms with Crippen molar-refractivity contribution >= 4 is 5.91 Å². The average Bonchev–Trinajstić information content (AvgIpc) is 2.94. The molecular formula is C13H19N3O3. The number of ether oxygens (including phenoxy) is 1. The third-order valence-corrected chi connectivity index (χ3v) is 3.17. The Morgan fingerprint density at radius 3 is 2.79 bits per heavy atom. The molecule has 0 atom stereocenters. The molecule has 1 fully saturated rings. The maximum absolute atomic E-state index is 12.0. The minimum atomic E-state index is -0.248. The Balaban J connectivity index is 1.97. The number of likely N-dealkylation sites (tertiary alicyclic amines) is 1. The summed E-state index contributed by atoms with van der Waals surface area (Å²) in [6, 6.07) is 3.29. The van der Waals surface area contributed by atoms with Crippen LogP contribution in [0.2, 0.25) is 0 Å². The summed E-state index contributed by atoms with van der Waals surface area (Å²) in [5, 5.41) is 0. The lowest BCUT2D eigenvalue weighted by Gasteiger charge is -2.15. The van der Waals surface area contributed by atoms with Crippen molar-refractivity contribution in [3.63, 3.8) is 0 Å². The number of nitrogens with zero attached hydrogens (tertiary/aromatic N) is 2. The summed E-state index contributed by atoms with van der Waals surface area (Å²) >= 11 is 0. The Labute approximate surface area is 111 Å². The van der Waals surface area contributed by atoms with Crippen LogP contribution < -0.4 is 16.0 Å². The second kappa shape index (κ2) is 6.38. The quantitative estimate of drug-likeness (QED) is 0.800. The van der Waals surface area contributed by atoms with Crippen LogP contribution in [0.25, 0.3) is 0 Å². The molecule has 2 rings (SSSR count). The summed E-state index contributed by atoms with van der Waals surface area (Å²) in [5.41, 5.74) is 5.18.